The zero-order valence-corrected chi connectivity index (χ0v) is 11.0. The van der Waals surface area contributed by atoms with Gasteiger partial charge in [0.25, 0.3) is 0 Å². The molecule has 1 aromatic carbocycles. The van der Waals surface area contributed by atoms with E-state index < -0.39 is 6.04 Å². The van der Waals surface area contributed by atoms with Gasteiger partial charge in [0.05, 0.1) is 5.69 Å². The highest BCUT2D eigenvalue weighted by Gasteiger charge is 2.28. The average Bonchev–Trinajstić information content (AvgIpc) is 2.41. The van der Waals surface area contributed by atoms with Crippen LogP contribution in [0.4, 0.5) is 5.69 Å². The summed E-state index contributed by atoms with van der Waals surface area (Å²) in [7, 11) is 0. The van der Waals surface area contributed by atoms with E-state index in [0.717, 1.165) is 10.2 Å². The van der Waals surface area contributed by atoms with E-state index in [4.69, 9.17) is 0 Å². The zero-order valence-electron chi connectivity index (χ0n) is 9.44. The van der Waals surface area contributed by atoms with Gasteiger partial charge in [-0.3, -0.25) is 9.59 Å². The number of benzene rings is 1. The lowest BCUT2D eigenvalue weighted by atomic mass is 10.2. The Hall–Kier alpha value is -1.36. The van der Waals surface area contributed by atoms with E-state index >= 15 is 0 Å². The van der Waals surface area contributed by atoms with Gasteiger partial charge in [-0.15, -0.1) is 0 Å². The van der Waals surface area contributed by atoms with Crippen molar-refractivity contribution in [2.75, 3.05) is 11.4 Å². The van der Waals surface area contributed by atoms with Gasteiger partial charge in [-0.1, -0.05) is 12.1 Å². The second kappa shape index (κ2) is 4.87. The fourth-order valence-electron chi connectivity index (χ4n) is 1.84. The number of halogens is 1. The highest BCUT2D eigenvalue weighted by atomic mass is 79.9. The van der Waals surface area contributed by atoms with Crippen LogP contribution in [0.3, 0.4) is 0 Å². The molecule has 0 aromatic heterocycles. The monoisotopic (exact) mass is 296 g/mol. The molecule has 1 N–H and O–H groups in total. The van der Waals surface area contributed by atoms with Gasteiger partial charge in [0.2, 0.25) is 11.8 Å². The van der Waals surface area contributed by atoms with Crippen LogP contribution in [0.1, 0.15) is 13.3 Å². The molecule has 17 heavy (non-hydrogen) atoms. The summed E-state index contributed by atoms with van der Waals surface area (Å²) in [6.07, 6.45) is 0.331. The van der Waals surface area contributed by atoms with Crippen molar-refractivity contribution < 1.29 is 9.59 Å². The van der Waals surface area contributed by atoms with Gasteiger partial charge in [-0.25, -0.2) is 0 Å². The van der Waals surface area contributed by atoms with Crippen molar-refractivity contribution in [2.24, 2.45) is 0 Å². The molecule has 1 fully saturated rings. The Kier molecular flexibility index (Phi) is 3.47. The van der Waals surface area contributed by atoms with Crippen molar-refractivity contribution in [3.63, 3.8) is 0 Å². The SMILES string of the molecule is CC1NC(=O)CCN(c2ccccc2Br)C1=O. The largest absolute Gasteiger partial charge is 0.345 e. The molecule has 1 aliphatic rings. The van der Waals surface area contributed by atoms with Crippen LogP contribution >= 0.6 is 15.9 Å². The Morgan fingerprint density at radius 2 is 2.06 bits per heavy atom. The smallest absolute Gasteiger partial charge is 0.249 e. The molecule has 2 rings (SSSR count). The number of nitrogens with zero attached hydrogens (tertiary/aromatic N) is 1. The number of hydrogen-bond donors (Lipinski definition) is 1. The Bertz CT molecular complexity index is 462. The molecule has 0 bridgehead atoms. The van der Waals surface area contributed by atoms with Gasteiger partial charge < -0.3 is 10.2 Å². The Labute approximate surface area is 108 Å². The number of carbonyl (C=O) groups is 2. The standard InChI is InChI=1S/C12H13BrN2O2/c1-8-12(17)15(7-6-11(16)14-8)10-5-3-2-4-9(10)13/h2-5,8H,6-7H2,1H3,(H,14,16). The quantitative estimate of drug-likeness (QED) is 0.857. The molecule has 0 spiro atoms. The van der Waals surface area contributed by atoms with E-state index in [2.05, 4.69) is 21.2 Å². The van der Waals surface area contributed by atoms with Gasteiger partial charge in [0.1, 0.15) is 6.04 Å². The molecule has 1 heterocycles. The summed E-state index contributed by atoms with van der Waals surface area (Å²) in [6.45, 7) is 2.12. The maximum absolute atomic E-state index is 12.1. The predicted molar refractivity (Wildman–Crippen MR) is 68.7 cm³/mol. The van der Waals surface area contributed by atoms with Crippen LogP contribution in [-0.2, 0) is 9.59 Å². The summed E-state index contributed by atoms with van der Waals surface area (Å²) in [5.74, 6) is -0.164. The second-order valence-corrected chi connectivity index (χ2v) is 4.83. The highest BCUT2D eigenvalue weighted by molar-refractivity contribution is 9.10. The fourth-order valence-corrected chi connectivity index (χ4v) is 2.34. The lowest BCUT2D eigenvalue weighted by Gasteiger charge is -2.23. The van der Waals surface area contributed by atoms with Crippen LogP contribution in [0.2, 0.25) is 0 Å². The van der Waals surface area contributed by atoms with Crippen molar-refractivity contribution >= 4 is 33.4 Å². The number of amides is 2. The van der Waals surface area contributed by atoms with Crippen LogP contribution in [0.15, 0.2) is 28.7 Å². The van der Waals surface area contributed by atoms with Crippen molar-refractivity contribution in [1.82, 2.24) is 5.32 Å². The van der Waals surface area contributed by atoms with Crippen molar-refractivity contribution in [2.45, 2.75) is 19.4 Å². The topological polar surface area (TPSA) is 49.4 Å². The number of para-hydroxylation sites is 1. The molecule has 0 aliphatic carbocycles. The van der Waals surface area contributed by atoms with Crippen molar-refractivity contribution in [3.05, 3.63) is 28.7 Å². The molecule has 1 atom stereocenters. The van der Waals surface area contributed by atoms with Crippen molar-refractivity contribution in [1.29, 1.82) is 0 Å². The van der Waals surface area contributed by atoms with E-state index in [-0.39, 0.29) is 11.8 Å². The number of hydrogen-bond acceptors (Lipinski definition) is 2. The first-order valence-electron chi connectivity index (χ1n) is 5.45. The molecule has 5 heteroatoms. The van der Waals surface area contributed by atoms with E-state index in [0.29, 0.717) is 13.0 Å². The predicted octanol–water partition coefficient (Wildman–Crippen LogP) is 1.69. The summed E-state index contributed by atoms with van der Waals surface area (Å²) in [6, 6.07) is 7.04. The van der Waals surface area contributed by atoms with E-state index in [1.165, 1.54) is 0 Å². The van der Waals surface area contributed by atoms with Gasteiger partial charge in [0, 0.05) is 17.4 Å². The van der Waals surface area contributed by atoms with Gasteiger partial charge in [-0.05, 0) is 35.0 Å². The van der Waals surface area contributed by atoms with Gasteiger partial charge in [-0.2, -0.15) is 0 Å². The minimum absolute atomic E-state index is 0.0808. The van der Waals surface area contributed by atoms with Gasteiger partial charge >= 0.3 is 0 Å². The molecule has 0 saturated carbocycles. The summed E-state index contributed by atoms with van der Waals surface area (Å²) in [4.78, 5) is 25.2. The van der Waals surface area contributed by atoms with E-state index in [1.54, 1.807) is 11.8 Å². The van der Waals surface area contributed by atoms with Crippen LogP contribution in [0.25, 0.3) is 0 Å². The fraction of sp³-hybridized carbons (Fsp3) is 0.333. The highest BCUT2D eigenvalue weighted by Crippen LogP contribution is 2.27. The molecule has 2 amide bonds. The lowest BCUT2D eigenvalue weighted by Crippen LogP contribution is -2.42. The number of nitrogens with one attached hydrogen (secondary N) is 1. The first-order chi connectivity index (χ1) is 8.09. The summed E-state index contributed by atoms with van der Waals surface area (Å²) in [5.41, 5.74) is 0.806. The zero-order chi connectivity index (χ0) is 12.4. The van der Waals surface area contributed by atoms with E-state index in [1.807, 2.05) is 24.3 Å². The first-order valence-corrected chi connectivity index (χ1v) is 6.24. The summed E-state index contributed by atoms with van der Waals surface area (Å²) in [5, 5.41) is 2.67. The molecule has 1 aromatic rings. The molecular weight excluding hydrogens is 284 g/mol. The number of rotatable bonds is 1. The summed E-state index contributed by atoms with van der Waals surface area (Å²) >= 11 is 3.42. The molecule has 4 nitrogen and oxygen atoms in total. The molecule has 90 valence electrons. The minimum Gasteiger partial charge on any atom is -0.345 e. The third-order valence-electron chi connectivity index (χ3n) is 2.72. The van der Waals surface area contributed by atoms with Crippen LogP contribution in [0, 0.1) is 0 Å². The maximum atomic E-state index is 12.1. The maximum Gasteiger partial charge on any atom is 0.249 e. The normalized spacial score (nSPS) is 21.1. The molecule has 1 saturated heterocycles. The lowest BCUT2D eigenvalue weighted by molar-refractivity contribution is -0.125. The van der Waals surface area contributed by atoms with E-state index in [9.17, 15) is 9.59 Å². The summed E-state index contributed by atoms with van der Waals surface area (Å²) < 4.78 is 0.856. The Balaban J connectivity index is 2.34. The third-order valence-corrected chi connectivity index (χ3v) is 3.39. The molecular formula is C12H13BrN2O2. The molecule has 1 aliphatic heterocycles. The minimum atomic E-state index is -0.475. The average molecular weight is 297 g/mol. The number of carbonyl (C=O) groups excluding carboxylic acids is 2. The second-order valence-electron chi connectivity index (χ2n) is 3.98. The van der Waals surface area contributed by atoms with Crippen LogP contribution in [-0.4, -0.2) is 24.4 Å². The van der Waals surface area contributed by atoms with Crippen LogP contribution in [0.5, 0.6) is 0 Å². The third kappa shape index (κ3) is 2.49. The van der Waals surface area contributed by atoms with Crippen molar-refractivity contribution in [3.8, 4) is 0 Å². The first kappa shape index (κ1) is 12.1. The van der Waals surface area contributed by atoms with Crippen LogP contribution < -0.4 is 10.2 Å². The van der Waals surface area contributed by atoms with Gasteiger partial charge in [0.15, 0.2) is 0 Å². The Morgan fingerprint density at radius 1 is 1.35 bits per heavy atom. The number of anilines is 1. The Morgan fingerprint density at radius 3 is 2.76 bits per heavy atom. The molecule has 1 unspecified atom stereocenters. The molecule has 0 radical (unpaired) electrons.